The van der Waals surface area contributed by atoms with E-state index in [4.69, 9.17) is 0 Å². The van der Waals surface area contributed by atoms with Gasteiger partial charge in [-0.3, -0.25) is 14.5 Å². The Labute approximate surface area is 135 Å². The van der Waals surface area contributed by atoms with Crippen molar-refractivity contribution >= 4 is 16.8 Å². The predicted molar refractivity (Wildman–Crippen MR) is 91.8 cm³/mol. The van der Waals surface area contributed by atoms with E-state index in [2.05, 4.69) is 17.1 Å². The van der Waals surface area contributed by atoms with Crippen LogP contribution in [-0.4, -0.2) is 41.1 Å². The smallest absolute Gasteiger partial charge is 0.252 e. The molecule has 1 aliphatic heterocycles. The molecule has 1 atom stereocenters. The molecule has 2 aromatic rings. The second-order valence-corrected chi connectivity index (χ2v) is 6.11. The van der Waals surface area contributed by atoms with E-state index in [-0.39, 0.29) is 11.5 Å². The molecule has 23 heavy (non-hydrogen) atoms. The first-order valence-electron chi connectivity index (χ1n) is 8.23. The molecule has 3 rings (SSSR count). The van der Waals surface area contributed by atoms with E-state index >= 15 is 0 Å². The van der Waals surface area contributed by atoms with Gasteiger partial charge >= 0.3 is 0 Å². The molecule has 1 aromatic carbocycles. The van der Waals surface area contributed by atoms with Gasteiger partial charge in [0.1, 0.15) is 0 Å². The van der Waals surface area contributed by atoms with Gasteiger partial charge in [0.25, 0.3) is 11.5 Å². The van der Waals surface area contributed by atoms with Gasteiger partial charge in [0.2, 0.25) is 0 Å². The van der Waals surface area contributed by atoms with Crippen LogP contribution in [0.2, 0.25) is 0 Å². The largest absolute Gasteiger partial charge is 0.350 e. The van der Waals surface area contributed by atoms with Crippen molar-refractivity contribution < 1.29 is 4.79 Å². The maximum absolute atomic E-state index is 12.6. The van der Waals surface area contributed by atoms with Gasteiger partial charge in [-0.2, -0.15) is 0 Å². The number of nitrogens with zero attached hydrogens (tertiary/aromatic N) is 2. The minimum Gasteiger partial charge on any atom is -0.350 e. The Morgan fingerprint density at radius 3 is 2.91 bits per heavy atom. The number of amides is 1. The highest BCUT2D eigenvalue weighted by atomic mass is 16.2. The van der Waals surface area contributed by atoms with Crippen LogP contribution in [0.15, 0.2) is 35.1 Å². The monoisotopic (exact) mass is 313 g/mol. The minimum absolute atomic E-state index is 0.162. The lowest BCUT2D eigenvalue weighted by molar-refractivity contribution is 0.0943. The Kier molecular flexibility index (Phi) is 4.48. The maximum Gasteiger partial charge on any atom is 0.252 e. The number of aryl methyl sites for hydroxylation is 1. The molecule has 122 valence electrons. The van der Waals surface area contributed by atoms with Gasteiger partial charge in [0.15, 0.2) is 0 Å². The van der Waals surface area contributed by atoms with E-state index in [1.54, 1.807) is 11.6 Å². The van der Waals surface area contributed by atoms with Gasteiger partial charge in [0.05, 0.1) is 11.1 Å². The average molecular weight is 313 g/mol. The molecule has 1 unspecified atom stereocenters. The summed E-state index contributed by atoms with van der Waals surface area (Å²) in [5, 5.41) is 3.83. The van der Waals surface area contributed by atoms with E-state index < -0.39 is 0 Å². The molecule has 5 heteroatoms. The first-order valence-corrected chi connectivity index (χ1v) is 8.23. The molecule has 1 amide bonds. The number of nitrogens with one attached hydrogen (secondary N) is 1. The van der Waals surface area contributed by atoms with Crippen molar-refractivity contribution in [3.63, 3.8) is 0 Å². The third-order valence-corrected chi connectivity index (χ3v) is 4.80. The fourth-order valence-corrected chi connectivity index (χ4v) is 3.45. The summed E-state index contributed by atoms with van der Waals surface area (Å²) in [6.07, 6.45) is 2.30. The van der Waals surface area contributed by atoms with Gasteiger partial charge in [-0.05, 0) is 32.0 Å². The predicted octanol–water partition coefficient (Wildman–Crippen LogP) is 1.75. The molecular weight excluding hydrogens is 290 g/mol. The molecule has 1 aromatic heterocycles. The molecule has 1 aliphatic rings. The third kappa shape index (κ3) is 3.01. The minimum atomic E-state index is -0.165. The van der Waals surface area contributed by atoms with Crippen LogP contribution in [0.25, 0.3) is 10.9 Å². The first kappa shape index (κ1) is 15.7. The Bertz CT molecular complexity index is 781. The summed E-state index contributed by atoms with van der Waals surface area (Å²) in [7, 11) is 1.73. The summed E-state index contributed by atoms with van der Waals surface area (Å²) in [6, 6.07) is 9.35. The van der Waals surface area contributed by atoms with Crippen LogP contribution < -0.4 is 10.9 Å². The van der Waals surface area contributed by atoms with Gasteiger partial charge < -0.3 is 9.88 Å². The summed E-state index contributed by atoms with van der Waals surface area (Å²) in [5.74, 6) is -0.165. The summed E-state index contributed by atoms with van der Waals surface area (Å²) in [6.45, 7) is 4.89. The Balaban J connectivity index is 1.84. The second kappa shape index (κ2) is 6.54. The van der Waals surface area contributed by atoms with Crippen molar-refractivity contribution in [3.05, 3.63) is 46.2 Å². The van der Waals surface area contributed by atoms with Crippen molar-refractivity contribution in [2.75, 3.05) is 19.6 Å². The number of para-hydroxylation sites is 1. The molecule has 0 radical (unpaired) electrons. The second-order valence-electron chi connectivity index (χ2n) is 6.11. The number of likely N-dealkylation sites (tertiary alicyclic amines) is 1. The van der Waals surface area contributed by atoms with E-state index in [1.807, 2.05) is 24.3 Å². The molecule has 1 N–H and O–H groups in total. The molecule has 0 aliphatic carbocycles. The first-order chi connectivity index (χ1) is 11.1. The highest BCUT2D eigenvalue weighted by Crippen LogP contribution is 2.18. The molecule has 0 saturated carbocycles. The number of aromatic nitrogens is 1. The van der Waals surface area contributed by atoms with Crippen LogP contribution in [0.4, 0.5) is 0 Å². The topological polar surface area (TPSA) is 54.3 Å². The summed E-state index contributed by atoms with van der Waals surface area (Å²) in [4.78, 5) is 27.1. The molecule has 0 spiro atoms. The average Bonchev–Trinajstić information content (AvgIpc) is 3.03. The van der Waals surface area contributed by atoms with Crippen molar-refractivity contribution in [3.8, 4) is 0 Å². The quantitative estimate of drug-likeness (QED) is 0.936. The normalized spacial score (nSPS) is 18.4. The molecule has 2 heterocycles. The van der Waals surface area contributed by atoms with E-state index in [9.17, 15) is 9.59 Å². The Morgan fingerprint density at radius 2 is 2.13 bits per heavy atom. The summed E-state index contributed by atoms with van der Waals surface area (Å²) >= 11 is 0. The van der Waals surface area contributed by atoms with Crippen LogP contribution in [0.3, 0.4) is 0 Å². The lowest BCUT2D eigenvalue weighted by atomic mass is 10.1. The van der Waals surface area contributed by atoms with Gasteiger partial charge in [-0.25, -0.2) is 0 Å². The lowest BCUT2D eigenvalue weighted by Gasteiger charge is -2.23. The van der Waals surface area contributed by atoms with Crippen LogP contribution in [0.5, 0.6) is 0 Å². The molecule has 5 nitrogen and oxygen atoms in total. The zero-order chi connectivity index (χ0) is 16.4. The molecule has 1 saturated heterocycles. The third-order valence-electron chi connectivity index (χ3n) is 4.80. The lowest BCUT2D eigenvalue weighted by Crippen LogP contribution is -2.40. The number of hydrogen-bond donors (Lipinski definition) is 1. The van der Waals surface area contributed by atoms with Crippen LogP contribution in [-0.2, 0) is 7.05 Å². The highest BCUT2D eigenvalue weighted by molar-refractivity contribution is 6.06. The van der Waals surface area contributed by atoms with Crippen molar-refractivity contribution in [2.45, 2.75) is 25.8 Å². The Hall–Kier alpha value is -2.14. The van der Waals surface area contributed by atoms with E-state index in [0.29, 0.717) is 18.2 Å². The van der Waals surface area contributed by atoms with Crippen molar-refractivity contribution in [1.29, 1.82) is 0 Å². The fourth-order valence-electron chi connectivity index (χ4n) is 3.45. The van der Waals surface area contributed by atoms with Crippen LogP contribution in [0, 0.1) is 0 Å². The number of pyridine rings is 1. The standard InChI is InChI=1S/C18H23N3O2/c1-3-21-10-6-7-13(21)12-19-18(23)15-11-17(22)20(2)16-9-5-4-8-14(15)16/h4-5,8-9,11,13H,3,6-7,10,12H2,1-2H3,(H,19,23). The Morgan fingerprint density at radius 1 is 1.35 bits per heavy atom. The van der Waals surface area contributed by atoms with E-state index in [0.717, 1.165) is 30.4 Å². The number of benzene rings is 1. The number of hydrogen-bond acceptors (Lipinski definition) is 3. The van der Waals surface area contributed by atoms with Crippen LogP contribution >= 0.6 is 0 Å². The molecule has 1 fully saturated rings. The maximum atomic E-state index is 12.6. The van der Waals surface area contributed by atoms with Crippen molar-refractivity contribution in [1.82, 2.24) is 14.8 Å². The van der Waals surface area contributed by atoms with Gasteiger partial charge in [-0.15, -0.1) is 0 Å². The number of fused-ring (bicyclic) bond motifs is 1. The number of rotatable bonds is 4. The number of carbonyl (C=O) groups is 1. The van der Waals surface area contributed by atoms with Gasteiger partial charge in [0, 0.05) is 31.1 Å². The highest BCUT2D eigenvalue weighted by Gasteiger charge is 2.23. The van der Waals surface area contributed by atoms with Crippen LogP contribution in [0.1, 0.15) is 30.1 Å². The molecular formula is C18H23N3O2. The SMILES string of the molecule is CCN1CCCC1CNC(=O)c1cc(=O)n(C)c2ccccc12. The number of carbonyl (C=O) groups excluding carboxylic acids is 1. The molecule has 0 bridgehead atoms. The summed E-state index contributed by atoms with van der Waals surface area (Å²) in [5.41, 5.74) is 1.08. The number of likely N-dealkylation sites (N-methyl/N-ethyl adjacent to an activating group) is 1. The fraction of sp³-hybridized carbons (Fsp3) is 0.444. The summed E-state index contributed by atoms with van der Waals surface area (Å²) < 4.78 is 1.57. The van der Waals surface area contributed by atoms with Crippen molar-refractivity contribution in [2.24, 2.45) is 7.05 Å². The zero-order valence-corrected chi connectivity index (χ0v) is 13.7. The van der Waals surface area contributed by atoms with E-state index in [1.165, 1.54) is 12.5 Å². The zero-order valence-electron chi connectivity index (χ0n) is 13.7. The van der Waals surface area contributed by atoms with Gasteiger partial charge in [-0.1, -0.05) is 25.1 Å².